The molecule has 4 aromatic carbocycles. The lowest BCUT2D eigenvalue weighted by Gasteiger charge is -2.37. The third-order valence-corrected chi connectivity index (χ3v) is 14.7. The molecule has 0 saturated heterocycles. The predicted molar refractivity (Wildman–Crippen MR) is 241 cm³/mol. The van der Waals surface area contributed by atoms with Gasteiger partial charge in [0.2, 0.25) is 27.2 Å². The summed E-state index contributed by atoms with van der Waals surface area (Å²) in [6.07, 6.45) is 7.07. The molecule has 4 atom stereocenters. The molecular formula is C48H53Br3O9. The molecule has 5 aliphatic rings. The Morgan fingerprint density at radius 2 is 0.583 bits per heavy atom. The topological polar surface area (TPSA) is 94.1 Å². The van der Waals surface area contributed by atoms with Gasteiger partial charge in [-0.15, -0.1) is 0 Å². The molecule has 0 aromatic heterocycles. The Bertz CT molecular complexity index is 1850. The lowest BCUT2D eigenvalue weighted by Crippen LogP contribution is -2.25. The lowest BCUT2D eigenvalue weighted by molar-refractivity contribution is 0.0933. The van der Waals surface area contributed by atoms with Gasteiger partial charge in [0.25, 0.3) is 0 Å². The van der Waals surface area contributed by atoms with E-state index in [1.54, 1.807) is 0 Å². The fourth-order valence-corrected chi connectivity index (χ4v) is 12.1. The Labute approximate surface area is 378 Å². The number of aliphatic hydroxyl groups excluding tert-OH is 1. The van der Waals surface area contributed by atoms with Gasteiger partial charge in [-0.05, 0) is 49.9 Å². The van der Waals surface area contributed by atoms with Crippen molar-refractivity contribution in [1.29, 1.82) is 0 Å². The second-order valence-electron chi connectivity index (χ2n) is 16.3. The minimum Gasteiger partial charge on any atom is -0.457 e. The molecule has 9 nitrogen and oxygen atoms in total. The Morgan fingerprint density at radius 3 is 0.750 bits per heavy atom. The summed E-state index contributed by atoms with van der Waals surface area (Å²) in [4.78, 5) is 0. The number of rotatable bonds is 12. The van der Waals surface area contributed by atoms with Crippen LogP contribution in [0, 0.1) is 0 Å². The minimum absolute atomic E-state index is 0.0113. The monoisotopic (exact) mass is 1010 g/mol. The molecule has 9 rings (SSSR count). The van der Waals surface area contributed by atoms with E-state index in [0.717, 1.165) is 147 Å². The van der Waals surface area contributed by atoms with E-state index in [0.29, 0.717) is 33.1 Å². The zero-order valence-electron chi connectivity index (χ0n) is 34.8. The molecule has 12 heteroatoms. The molecule has 0 radical (unpaired) electrons. The maximum atomic E-state index is 11.4. The van der Waals surface area contributed by atoms with E-state index < -0.39 is 0 Å². The first kappa shape index (κ1) is 42.0. The van der Waals surface area contributed by atoms with Gasteiger partial charge in [-0.25, -0.2) is 0 Å². The van der Waals surface area contributed by atoms with E-state index in [9.17, 15) is 5.11 Å². The third kappa shape index (κ3) is 6.76. The molecule has 4 unspecified atom stereocenters. The van der Waals surface area contributed by atoms with Crippen LogP contribution >= 0.6 is 47.8 Å². The molecular weight excluding hydrogens is 960 g/mol. The van der Waals surface area contributed by atoms with Crippen LogP contribution < -0.4 is 37.9 Å². The number of benzene rings is 4. The maximum absolute atomic E-state index is 11.4. The molecule has 60 heavy (non-hydrogen) atoms. The van der Waals surface area contributed by atoms with E-state index in [1.165, 1.54) is 0 Å². The number of hydrogen-bond donors (Lipinski definition) is 1. The molecule has 1 N–H and O–H groups in total. The van der Waals surface area contributed by atoms with E-state index in [1.807, 2.05) is 0 Å². The van der Waals surface area contributed by atoms with Crippen molar-refractivity contribution in [2.24, 2.45) is 0 Å². The Balaban J connectivity index is 1.50. The first-order chi connectivity index (χ1) is 29.5. The van der Waals surface area contributed by atoms with Crippen molar-refractivity contribution in [3.8, 4) is 46.0 Å². The van der Waals surface area contributed by atoms with E-state index in [-0.39, 0.29) is 57.5 Å². The standard InChI is InChI=1S/C48H53Br3O9/c1-5-9-25-29-13-30-26(10-6-2)32-15-34-28(12-8-4)36-16-35-27(11-7-3)33-14-31(25)43-38(18-50)45(33)57-23-59-47(35)40(20-52)48(36)60-24-58-46(34)39(19-51)44(32)56-22-54-42(30)37(17-49)41(29)53-21-55-43/h13-16,25-28,52H,5-12,17-24H2,1-4H3. The number of ether oxygens (including phenoxy) is 8. The van der Waals surface area contributed by atoms with Crippen molar-refractivity contribution < 1.29 is 43.0 Å². The second-order valence-corrected chi connectivity index (χ2v) is 18.0. The zero-order valence-corrected chi connectivity index (χ0v) is 39.5. The van der Waals surface area contributed by atoms with Crippen LogP contribution in [0.15, 0.2) is 24.3 Å². The molecule has 0 saturated carbocycles. The smallest absolute Gasteiger partial charge is 0.230 e. The molecule has 4 aromatic rings. The van der Waals surface area contributed by atoms with Gasteiger partial charge in [0.15, 0.2) is 0 Å². The van der Waals surface area contributed by atoms with Crippen molar-refractivity contribution in [3.05, 3.63) is 91.0 Å². The highest BCUT2D eigenvalue weighted by Crippen LogP contribution is 2.58. The molecule has 4 heterocycles. The van der Waals surface area contributed by atoms with Crippen molar-refractivity contribution in [3.63, 3.8) is 0 Å². The fraction of sp³-hybridized carbons (Fsp3) is 0.500. The highest BCUT2D eigenvalue weighted by molar-refractivity contribution is 9.09. The van der Waals surface area contributed by atoms with Crippen LogP contribution in [0.1, 0.15) is 169 Å². The predicted octanol–water partition coefficient (Wildman–Crippen LogP) is 12.8. The van der Waals surface area contributed by atoms with Gasteiger partial charge in [-0.3, -0.25) is 0 Å². The molecule has 320 valence electrons. The average molecular weight is 1010 g/mol. The van der Waals surface area contributed by atoms with Crippen LogP contribution in [0.3, 0.4) is 0 Å². The van der Waals surface area contributed by atoms with Gasteiger partial charge < -0.3 is 43.0 Å². The quantitative estimate of drug-likeness (QED) is 0.139. The highest BCUT2D eigenvalue weighted by Gasteiger charge is 2.41. The van der Waals surface area contributed by atoms with Crippen LogP contribution in [-0.2, 0) is 22.6 Å². The van der Waals surface area contributed by atoms with Gasteiger partial charge in [0.05, 0.1) is 12.2 Å². The Hall–Kier alpha value is -3.32. The van der Waals surface area contributed by atoms with Crippen LogP contribution in [0.2, 0.25) is 0 Å². The van der Waals surface area contributed by atoms with Crippen molar-refractivity contribution in [2.45, 2.75) is 125 Å². The molecule has 0 spiro atoms. The van der Waals surface area contributed by atoms with Crippen LogP contribution in [0.25, 0.3) is 0 Å². The van der Waals surface area contributed by atoms with E-state index >= 15 is 0 Å². The van der Waals surface area contributed by atoms with Gasteiger partial charge in [-0.2, -0.15) is 0 Å². The molecule has 0 amide bonds. The summed E-state index contributed by atoms with van der Waals surface area (Å²) >= 11 is 11.7. The average Bonchev–Trinajstić information content (AvgIpc) is 3.24. The number of alkyl halides is 3. The number of hydrogen-bond acceptors (Lipinski definition) is 9. The van der Waals surface area contributed by atoms with Gasteiger partial charge in [0.1, 0.15) is 46.0 Å². The molecule has 8 bridgehead atoms. The van der Waals surface area contributed by atoms with E-state index in [2.05, 4.69) is 99.8 Å². The summed E-state index contributed by atoms with van der Waals surface area (Å²) in [6, 6.07) is 9.42. The second kappa shape index (κ2) is 17.8. The van der Waals surface area contributed by atoms with Crippen molar-refractivity contribution in [2.75, 3.05) is 27.2 Å². The Kier molecular flexibility index (Phi) is 12.5. The van der Waals surface area contributed by atoms with Gasteiger partial charge >= 0.3 is 0 Å². The third-order valence-electron chi connectivity index (χ3n) is 13.0. The zero-order chi connectivity index (χ0) is 41.7. The van der Waals surface area contributed by atoms with Gasteiger partial charge in [-0.1, -0.05) is 101 Å². The highest BCUT2D eigenvalue weighted by atomic mass is 79.9. The van der Waals surface area contributed by atoms with E-state index in [4.69, 9.17) is 37.9 Å². The summed E-state index contributed by atoms with van der Waals surface area (Å²) < 4.78 is 53.6. The summed E-state index contributed by atoms with van der Waals surface area (Å²) in [5, 5.41) is 12.9. The lowest BCUT2D eigenvalue weighted by atomic mass is 9.74. The SMILES string of the molecule is CCCC1c2cc3c4c(CO)c2OCOc2c1cc1c(c2CBr)OCOc2c(cc5c(c2CBr)OCOc2c(cc(c(c2CBr)OCO4)C3CCC)C5CCC)C1CCC. The van der Waals surface area contributed by atoms with Crippen molar-refractivity contribution >= 4 is 47.8 Å². The van der Waals surface area contributed by atoms with Crippen molar-refractivity contribution in [1.82, 2.24) is 0 Å². The van der Waals surface area contributed by atoms with Crippen LogP contribution in [0.5, 0.6) is 46.0 Å². The molecule has 4 aliphatic heterocycles. The normalized spacial score (nSPS) is 20.3. The van der Waals surface area contributed by atoms with Crippen LogP contribution in [-0.4, -0.2) is 32.3 Å². The first-order valence-corrected chi connectivity index (χ1v) is 24.9. The number of aliphatic hydroxyl groups is 1. The number of halogens is 3. The summed E-state index contributed by atoms with van der Waals surface area (Å²) in [7, 11) is 0. The summed E-state index contributed by atoms with van der Waals surface area (Å²) in [6.45, 7) is 8.57. The first-order valence-electron chi connectivity index (χ1n) is 21.6. The largest absolute Gasteiger partial charge is 0.457 e. The summed E-state index contributed by atoms with van der Waals surface area (Å²) in [5.74, 6) is 5.48. The van der Waals surface area contributed by atoms with Gasteiger partial charge in [0, 0.05) is 101 Å². The minimum atomic E-state index is -0.272. The fourth-order valence-electron chi connectivity index (χ4n) is 10.6. The van der Waals surface area contributed by atoms with Crippen LogP contribution in [0.4, 0.5) is 0 Å². The maximum Gasteiger partial charge on any atom is 0.230 e. The Morgan fingerprint density at radius 1 is 0.383 bits per heavy atom. The molecule has 0 fully saturated rings. The summed E-state index contributed by atoms with van der Waals surface area (Å²) in [5.41, 5.74) is 12.2. The molecule has 1 aliphatic carbocycles.